The maximum Gasteiger partial charge on any atom is 0.335 e. The van der Waals surface area contributed by atoms with Crippen molar-refractivity contribution < 1.29 is 19.7 Å². The first kappa shape index (κ1) is 17.5. The van der Waals surface area contributed by atoms with E-state index in [1.165, 1.54) is 19.3 Å². The van der Waals surface area contributed by atoms with Crippen molar-refractivity contribution in [3.63, 3.8) is 0 Å². The van der Waals surface area contributed by atoms with Crippen LogP contribution in [-0.4, -0.2) is 28.9 Å². The summed E-state index contributed by atoms with van der Waals surface area (Å²) in [4.78, 5) is 10.7. The van der Waals surface area contributed by atoms with E-state index in [4.69, 9.17) is 14.9 Å². The summed E-state index contributed by atoms with van der Waals surface area (Å²) < 4.78 is 5.57. The molecule has 0 radical (unpaired) electrons. The number of aliphatic hydroxyl groups is 1. The fraction of sp³-hybridized carbons (Fsp3) is 0.588. The van der Waals surface area contributed by atoms with Crippen molar-refractivity contribution in [1.82, 2.24) is 0 Å². The third kappa shape index (κ3) is 8.35. The Morgan fingerprint density at radius 3 is 2.19 bits per heavy atom. The predicted molar refractivity (Wildman–Crippen MR) is 82.9 cm³/mol. The number of ether oxygens (including phenoxy) is 1. The molecule has 0 aliphatic rings. The van der Waals surface area contributed by atoms with E-state index in [9.17, 15) is 4.79 Å². The molecule has 0 fully saturated rings. The molecule has 0 bridgehead atoms. The van der Waals surface area contributed by atoms with Gasteiger partial charge < -0.3 is 14.9 Å². The van der Waals surface area contributed by atoms with Gasteiger partial charge in [-0.2, -0.15) is 0 Å². The second kappa shape index (κ2) is 10.2. The number of hydrogen-bond donors (Lipinski definition) is 2. The Kier molecular flexibility index (Phi) is 8.51. The normalized spacial score (nSPS) is 12.1. The summed E-state index contributed by atoms with van der Waals surface area (Å²) in [7, 11) is 0. The summed E-state index contributed by atoms with van der Waals surface area (Å²) in [5.74, 6) is -0.200. The van der Waals surface area contributed by atoms with Crippen LogP contribution in [-0.2, 0) is 0 Å². The van der Waals surface area contributed by atoms with E-state index in [1.807, 2.05) is 6.92 Å². The highest BCUT2D eigenvalue weighted by atomic mass is 16.5. The predicted octanol–water partition coefficient (Wildman–Crippen LogP) is 3.88. The summed E-state index contributed by atoms with van der Waals surface area (Å²) >= 11 is 0. The number of hydrogen-bond acceptors (Lipinski definition) is 3. The minimum Gasteiger partial charge on any atom is -0.494 e. The van der Waals surface area contributed by atoms with Gasteiger partial charge in [0.05, 0.1) is 18.3 Å². The zero-order valence-electron chi connectivity index (χ0n) is 12.8. The molecule has 1 atom stereocenters. The van der Waals surface area contributed by atoms with Crippen LogP contribution in [0.3, 0.4) is 0 Å². The van der Waals surface area contributed by atoms with Crippen LogP contribution in [0.15, 0.2) is 24.3 Å². The van der Waals surface area contributed by atoms with Gasteiger partial charge in [0.25, 0.3) is 0 Å². The Morgan fingerprint density at radius 2 is 1.62 bits per heavy atom. The van der Waals surface area contributed by atoms with E-state index in [2.05, 4.69) is 0 Å². The first-order chi connectivity index (χ1) is 10.1. The van der Waals surface area contributed by atoms with Crippen LogP contribution < -0.4 is 4.74 Å². The van der Waals surface area contributed by atoms with Crippen molar-refractivity contribution in [2.24, 2.45) is 0 Å². The smallest absolute Gasteiger partial charge is 0.335 e. The lowest BCUT2D eigenvalue weighted by Gasteiger charge is -2.07. The molecule has 4 heteroatoms. The van der Waals surface area contributed by atoms with Crippen LogP contribution in [0.25, 0.3) is 0 Å². The van der Waals surface area contributed by atoms with Crippen LogP contribution in [0.5, 0.6) is 5.75 Å². The van der Waals surface area contributed by atoms with Crippen LogP contribution >= 0.6 is 0 Å². The zero-order valence-corrected chi connectivity index (χ0v) is 12.8. The summed E-state index contributed by atoms with van der Waals surface area (Å²) in [5, 5.41) is 17.9. The highest BCUT2D eigenvalue weighted by Crippen LogP contribution is 2.13. The standard InChI is InChI=1S/C17H26O4/c1-14(18)8-6-4-2-3-5-7-13-21-16-11-9-15(10-12-16)17(19)20/h9-12,14,18H,2-8,13H2,1H3,(H,19,20). The van der Waals surface area contributed by atoms with Crippen molar-refractivity contribution in [3.8, 4) is 5.75 Å². The Bertz CT molecular complexity index is 398. The van der Waals surface area contributed by atoms with Gasteiger partial charge in [0.15, 0.2) is 0 Å². The van der Waals surface area contributed by atoms with Crippen molar-refractivity contribution in [2.45, 2.75) is 58.0 Å². The number of carbonyl (C=O) groups is 1. The number of unbranched alkanes of at least 4 members (excludes halogenated alkanes) is 5. The minimum atomic E-state index is -0.919. The van der Waals surface area contributed by atoms with Gasteiger partial charge in [0.1, 0.15) is 5.75 Å². The van der Waals surface area contributed by atoms with E-state index in [-0.39, 0.29) is 11.7 Å². The maximum atomic E-state index is 10.7. The lowest BCUT2D eigenvalue weighted by atomic mass is 10.1. The van der Waals surface area contributed by atoms with Crippen molar-refractivity contribution in [3.05, 3.63) is 29.8 Å². The second-order valence-electron chi connectivity index (χ2n) is 5.44. The molecule has 0 aliphatic carbocycles. The highest BCUT2D eigenvalue weighted by molar-refractivity contribution is 5.87. The van der Waals surface area contributed by atoms with E-state index < -0.39 is 5.97 Å². The summed E-state index contributed by atoms with van der Waals surface area (Å²) in [5.41, 5.74) is 0.277. The molecule has 0 heterocycles. The quantitative estimate of drug-likeness (QED) is 0.608. The molecular weight excluding hydrogens is 268 g/mol. The van der Waals surface area contributed by atoms with Crippen molar-refractivity contribution in [2.75, 3.05) is 6.61 Å². The average Bonchev–Trinajstić information content (AvgIpc) is 2.45. The molecule has 0 aliphatic heterocycles. The lowest BCUT2D eigenvalue weighted by molar-refractivity contribution is 0.0697. The van der Waals surface area contributed by atoms with Gasteiger partial charge in [-0.15, -0.1) is 0 Å². The number of aromatic carboxylic acids is 1. The van der Waals surface area contributed by atoms with E-state index in [1.54, 1.807) is 24.3 Å². The van der Waals surface area contributed by atoms with Gasteiger partial charge in [-0.1, -0.05) is 32.1 Å². The number of carboxylic acid groups (broad SMARTS) is 1. The van der Waals surface area contributed by atoms with Gasteiger partial charge in [-0.25, -0.2) is 4.79 Å². The van der Waals surface area contributed by atoms with Gasteiger partial charge in [-0.3, -0.25) is 0 Å². The molecule has 0 saturated carbocycles. The van der Waals surface area contributed by atoms with Crippen molar-refractivity contribution in [1.29, 1.82) is 0 Å². The Morgan fingerprint density at radius 1 is 1.05 bits per heavy atom. The fourth-order valence-corrected chi connectivity index (χ4v) is 2.13. The lowest BCUT2D eigenvalue weighted by Crippen LogP contribution is -1.99. The molecule has 1 aromatic carbocycles. The SMILES string of the molecule is CC(O)CCCCCCCCOc1ccc(C(=O)O)cc1. The number of benzene rings is 1. The highest BCUT2D eigenvalue weighted by Gasteiger charge is 2.02. The third-order valence-electron chi connectivity index (χ3n) is 3.39. The first-order valence-corrected chi connectivity index (χ1v) is 7.74. The zero-order chi connectivity index (χ0) is 15.5. The Balaban J connectivity index is 2.00. The second-order valence-corrected chi connectivity index (χ2v) is 5.44. The molecule has 2 N–H and O–H groups in total. The van der Waals surface area contributed by atoms with Crippen LogP contribution in [0, 0.1) is 0 Å². The van der Waals surface area contributed by atoms with E-state index in [0.29, 0.717) is 6.61 Å². The fourth-order valence-electron chi connectivity index (χ4n) is 2.13. The van der Waals surface area contributed by atoms with Crippen LogP contribution in [0.1, 0.15) is 62.2 Å². The molecule has 1 aromatic rings. The molecule has 1 unspecified atom stereocenters. The van der Waals surface area contributed by atoms with Crippen LogP contribution in [0.2, 0.25) is 0 Å². The monoisotopic (exact) mass is 294 g/mol. The number of aliphatic hydroxyl groups excluding tert-OH is 1. The van der Waals surface area contributed by atoms with Crippen molar-refractivity contribution >= 4 is 5.97 Å². The summed E-state index contributed by atoms with van der Waals surface area (Å²) in [6, 6.07) is 6.50. The molecule has 0 saturated heterocycles. The van der Waals surface area contributed by atoms with Gasteiger partial charge in [-0.05, 0) is 44.0 Å². The van der Waals surface area contributed by atoms with Gasteiger partial charge >= 0.3 is 5.97 Å². The van der Waals surface area contributed by atoms with E-state index >= 15 is 0 Å². The Labute approximate surface area is 126 Å². The third-order valence-corrected chi connectivity index (χ3v) is 3.39. The largest absolute Gasteiger partial charge is 0.494 e. The maximum absolute atomic E-state index is 10.7. The first-order valence-electron chi connectivity index (χ1n) is 7.74. The molecule has 21 heavy (non-hydrogen) atoms. The summed E-state index contributed by atoms with van der Waals surface area (Å²) in [6.07, 6.45) is 7.56. The molecule has 4 nitrogen and oxygen atoms in total. The van der Waals surface area contributed by atoms with Gasteiger partial charge in [0.2, 0.25) is 0 Å². The molecule has 118 valence electrons. The molecular formula is C17H26O4. The molecule has 0 aromatic heterocycles. The summed E-state index contributed by atoms with van der Waals surface area (Å²) in [6.45, 7) is 2.50. The van der Waals surface area contributed by atoms with Gasteiger partial charge in [0, 0.05) is 0 Å². The molecule has 1 rings (SSSR count). The Hall–Kier alpha value is -1.55. The number of carboxylic acids is 1. The van der Waals surface area contributed by atoms with Crippen LogP contribution in [0.4, 0.5) is 0 Å². The topological polar surface area (TPSA) is 66.8 Å². The average molecular weight is 294 g/mol. The minimum absolute atomic E-state index is 0.175. The number of rotatable bonds is 11. The molecule has 0 spiro atoms. The molecule has 0 amide bonds. The van der Waals surface area contributed by atoms with E-state index in [0.717, 1.165) is 31.4 Å².